The van der Waals surface area contributed by atoms with E-state index in [9.17, 15) is 9.59 Å². The molecule has 0 aromatic carbocycles. The zero-order valence-corrected chi connectivity index (χ0v) is 13.0. The number of carbonyl (C=O) groups is 2. The Hall–Kier alpha value is -1.10. The van der Waals surface area contributed by atoms with Crippen LogP contribution in [0.5, 0.6) is 0 Å². The van der Waals surface area contributed by atoms with Crippen LogP contribution in [0.1, 0.15) is 57.8 Å². The highest BCUT2D eigenvalue weighted by molar-refractivity contribution is 5.79. The van der Waals surface area contributed by atoms with E-state index in [1.165, 1.54) is 25.7 Å². The van der Waals surface area contributed by atoms with E-state index in [4.69, 9.17) is 0 Å². The normalized spacial score (nSPS) is 23.0. The van der Waals surface area contributed by atoms with Gasteiger partial charge in [0.25, 0.3) is 0 Å². The first kappa shape index (κ1) is 16.3. The van der Waals surface area contributed by atoms with Gasteiger partial charge in [-0.2, -0.15) is 0 Å². The summed E-state index contributed by atoms with van der Waals surface area (Å²) in [4.78, 5) is 23.5. The highest BCUT2D eigenvalue weighted by Gasteiger charge is 2.17. The van der Waals surface area contributed by atoms with E-state index in [1.54, 1.807) is 0 Å². The molecule has 5 nitrogen and oxygen atoms in total. The molecule has 0 aromatic rings. The number of nitrogens with one attached hydrogen (secondary N) is 3. The van der Waals surface area contributed by atoms with Gasteiger partial charge in [-0.15, -0.1) is 0 Å². The van der Waals surface area contributed by atoms with Crippen molar-refractivity contribution in [3.8, 4) is 0 Å². The van der Waals surface area contributed by atoms with Gasteiger partial charge in [0.15, 0.2) is 0 Å². The van der Waals surface area contributed by atoms with Crippen molar-refractivity contribution in [2.75, 3.05) is 19.6 Å². The van der Waals surface area contributed by atoms with Crippen LogP contribution in [0, 0.1) is 5.92 Å². The molecule has 0 bridgehead atoms. The summed E-state index contributed by atoms with van der Waals surface area (Å²) in [5.74, 6) is 0.792. The lowest BCUT2D eigenvalue weighted by Crippen LogP contribution is -2.38. The highest BCUT2D eigenvalue weighted by atomic mass is 16.2. The van der Waals surface area contributed by atoms with Crippen LogP contribution in [0.25, 0.3) is 0 Å². The number of rotatable bonds is 7. The lowest BCUT2D eigenvalue weighted by Gasteiger charge is -2.22. The molecule has 1 aliphatic heterocycles. The molecular weight excluding hydrogens is 266 g/mol. The van der Waals surface area contributed by atoms with Gasteiger partial charge in [-0.1, -0.05) is 19.3 Å². The fourth-order valence-corrected chi connectivity index (χ4v) is 3.25. The molecule has 2 fully saturated rings. The Kier molecular flexibility index (Phi) is 7.00. The van der Waals surface area contributed by atoms with Crippen LogP contribution < -0.4 is 16.0 Å². The molecule has 3 N–H and O–H groups in total. The van der Waals surface area contributed by atoms with Crippen LogP contribution in [-0.4, -0.2) is 37.5 Å². The predicted molar refractivity (Wildman–Crippen MR) is 82.9 cm³/mol. The minimum atomic E-state index is 0.0715. The number of carbonyl (C=O) groups excluding carboxylic acids is 2. The highest BCUT2D eigenvalue weighted by Crippen LogP contribution is 2.17. The third kappa shape index (κ3) is 6.46. The number of hydrogen-bond donors (Lipinski definition) is 3. The van der Waals surface area contributed by atoms with Crippen molar-refractivity contribution >= 4 is 11.8 Å². The van der Waals surface area contributed by atoms with Crippen molar-refractivity contribution in [3.63, 3.8) is 0 Å². The SMILES string of the molecule is O=C(CCC1CCNC1)NCCC(=O)NC1CCCCC1. The first-order valence-electron chi connectivity index (χ1n) is 8.51. The summed E-state index contributed by atoms with van der Waals surface area (Å²) < 4.78 is 0. The maximum absolute atomic E-state index is 11.8. The maximum atomic E-state index is 11.8. The summed E-state index contributed by atoms with van der Waals surface area (Å²) in [5, 5.41) is 9.23. The quantitative estimate of drug-likeness (QED) is 0.663. The molecule has 21 heavy (non-hydrogen) atoms. The molecular formula is C16H29N3O2. The van der Waals surface area contributed by atoms with E-state index < -0.39 is 0 Å². The molecule has 1 saturated carbocycles. The van der Waals surface area contributed by atoms with Gasteiger partial charge in [-0.05, 0) is 44.7 Å². The van der Waals surface area contributed by atoms with E-state index in [-0.39, 0.29) is 11.8 Å². The molecule has 2 aliphatic rings. The first-order valence-corrected chi connectivity index (χ1v) is 8.51. The van der Waals surface area contributed by atoms with E-state index >= 15 is 0 Å². The van der Waals surface area contributed by atoms with Crippen molar-refractivity contribution in [2.24, 2.45) is 5.92 Å². The maximum Gasteiger partial charge on any atom is 0.221 e. The van der Waals surface area contributed by atoms with Crippen LogP contribution in [-0.2, 0) is 9.59 Å². The van der Waals surface area contributed by atoms with Gasteiger partial charge in [0, 0.05) is 25.4 Å². The van der Waals surface area contributed by atoms with Crippen molar-refractivity contribution in [3.05, 3.63) is 0 Å². The summed E-state index contributed by atoms with van der Waals surface area (Å²) in [6.45, 7) is 2.57. The van der Waals surface area contributed by atoms with Gasteiger partial charge in [-0.25, -0.2) is 0 Å². The Morgan fingerprint density at radius 1 is 1.00 bits per heavy atom. The fraction of sp³-hybridized carbons (Fsp3) is 0.875. The van der Waals surface area contributed by atoms with Gasteiger partial charge in [0.2, 0.25) is 11.8 Å². The van der Waals surface area contributed by atoms with E-state index in [1.807, 2.05) is 0 Å². The Labute approximate surface area is 127 Å². The Morgan fingerprint density at radius 3 is 2.52 bits per heavy atom. The van der Waals surface area contributed by atoms with Crippen LogP contribution >= 0.6 is 0 Å². The number of hydrogen-bond acceptors (Lipinski definition) is 3. The average Bonchev–Trinajstić information content (AvgIpc) is 2.99. The molecule has 1 atom stereocenters. The van der Waals surface area contributed by atoms with Crippen LogP contribution in [0.2, 0.25) is 0 Å². The van der Waals surface area contributed by atoms with Gasteiger partial charge in [0.05, 0.1) is 0 Å². The van der Waals surface area contributed by atoms with Crippen LogP contribution in [0.15, 0.2) is 0 Å². The molecule has 1 saturated heterocycles. The van der Waals surface area contributed by atoms with Crippen molar-refractivity contribution < 1.29 is 9.59 Å². The van der Waals surface area contributed by atoms with E-state index in [2.05, 4.69) is 16.0 Å². The zero-order valence-electron chi connectivity index (χ0n) is 13.0. The molecule has 2 amide bonds. The first-order chi connectivity index (χ1) is 10.2. The Bertz CT molecular complexity index is 334. The lowest BCUT2D eigenvalue weighted by atomic mass is 9.95. The molecule has 1 heterocycles. The molecule has 2 rings (SSSR count). The van der Waals surface area contributed by atoms with Gasteiger partial charge >= 0.3 is 0 Å². The monoisotopic (exact) mass is 295 g/mol. The molecule has 120 valence electrons. The summed E-state index contributed by atoms with van der Waals surface area (Å²) in [5.41, 5.74) is 0. The minimum Gasteiger partial charge on any atom is -0.356 e. The average molecular weight is 295 g/mol. The fourth-order valence-electron chi connectivity index (χ4n) is 3.25. The third-order valence-corrected chi connectivity index (χ3v) is 4.59. The topological polar surface area (TPSA) is 70.2 Å². The largest absolute Gasteiger partial charge is 0.356 e. The molecule has 0 radical (unpaired) electrons. The Morgan fingerprint density at radius 2 is 1.81 bits per heavy atom. The van der Waals surface area contributed by atoms with E-state index in [0.717, 1.165) is 32.4 Å². The zero-order chi connectivity index (χ0) is 14.9. The summed E-state index contributed by atoms with van der Waals surface area (Å²) in [7, 11) is 0. The van der Waals surface area contributed by atoms with Gasteiger partial charge in [0.1, 0.15) is 0 Å². The number of amides is 2. The third-order valence-electron chi connectivity index (χ3n) is 4.59. The van der Waals surface area contributed by atoms with Crippen molar-refractivity contribution in [1.82, 2.24) is 16.0 Å². The molecule has 0 spiro atoms. The van der Waals surface area contributed by atoms with Gasteiger partial charge < -0.3 is 16.0 Å². The van der Waals surface area contributed by atoms with Crippen molar-refractivity contribution in [1.29, 1.82) is 0 Å². The predicted octanol–water partition coefficient (Wildman–Crippen LogP) is 1.33. The van der Waals surface area contributed by atoms with Crippen molar-refractivity contribution in [2.45, 2.75) is 63.8 Å². The second kappa shape index (κ2) is 9.03. The summed E-state index contributed by atoms with van der Waals surface area (Å²) in [6.07, 6.45) is 9.05. The molecule has 5 heteroatoms. The molecule has 1 aliphatic carbocycles. The standard InChI is InChI=1S/C16H29N3O2/c20-15(7-6-13-8-10-17-12-13)18-11-9-16(21)19-14-4-2-1-3-5-14/h13-14,17H,1-12H2,(H,18,20)(H,19,21). The summed E-state index contributed by atoms with van der Waals surface area (Å²) in [6, 6.07) is 0.358. The van der Waals surface area contributed by atoms with Gasteiger partial charge in [-0.3, -0.25) is 9.59 Å². The smallest absolute Gasteiger partial charge is 0.221 e. The lowest BCUT2D eigenvalue weighted by molar-refractivity contribution is -0.123. The summed E-state index contributed by atoms with van der Waals surface area (Å²) >= 11 is 0. The van der Waals surface area contributed by atoms with E-state index in [0.29, 0.717) is 31.3 Å². The molecule has 0 aromatic heterocycles. The second-order valence-corrected chi connectivity index (χ2v) is 6.40. The molecule has 1 unspecified atom stereocenters. The Balaban J connectivity index is 1.49. The van der Waals surface area contributed by atoms with Crippen LogP contribution in [0.4, 0.5) is 0 Å². The second-order valence-electron chi connectivity index (χ2n) is 6.40. The van der Waals surface area contributed by atoms with Crippen LogP contribution in [0.3, 0.4) is 0 Å². The minimum absolute atomic E-state index is 0.0715.